The molecule has 1 heterocycles. The van der Waals surface area contributed by atoms with Crippen molar-refractivity contribution >= 4 is 11.7 Å². The van der Waals surface area contributed by atoms with Gasteiger partial charge in [-0.3, -0.25) is 4.99 Å². The summed E-state index contributed by atoms with van der Waals surface area (Å²) < 4.78 is 4.61. The number of methoxy groups -OCH3 is 1. The number of hydrogen-bond acceptors (Lipinski definition) is 4. The summed E-state index contributed by atoms with van der Waals surface area (Å²) in [5.74, 6) is 0.130. The van der Waals surface area contributed by atoms with Crippen molar-refractivity contribution in [3.8, 4) is 0 Å². The summed E-state index contributed by atoms with van der Waals surface area (Å²) in [7, 11) is 1.38. The van der Waals surface area contributed by atoms with Gasteiger partial charge in [-0.15, -0.1) is 0 Å². The van der Waals surface area contributed by atoms with Crippen molar-refractivity contribution < 1.29 is 9.53 Å². The van der Waals surface area contributed by atoms with Crippen LogP contribution in [0.4, 0.5) is 0 Å². The highest BCUT2D eigenvalue weighted by atomic mass is 16.5. The van der Waals surface area contributed by atoms with Crippen molar-refractivity contribution in [2.45, 2.75) is 19.9 Å². The fourth-order valence-corrected chi connectivity index (χ4v) is 1.26. The highest BCUT2D eigenvalue weighted by Gasteiger charge is 2.21. The van der Waals surface area contributed by atoms with Crippen LogP contribution in [-0.4, -0.2) is 37.9 Å². The minimum atomic E-state index is -0.321. The third-order valence-electron chi connectivity index (χ3n) is 2.16. The number of carbonyl (C=O) groups is 1. The van der Waals surface area contributed by atoms with Crippen LogP contribution < -0.4 is 5.32 Å². The monoisotopic (exact) mass is 184 g/mol. The molecule has 0 aliphatic carbocycles. The zero-order valence-electron chi connectivity index (χ0n) is 8.33. The van der Waals surface area contributed by atoms with E-state index >= 15 is 0 Å². The van der Waals surface area contributed by atoms with Gasteiger partial charge < -0.3 is 10.1 Å². The van der Waals surface area contributed by atoms with Crippen molar-refractivity contribution in [2.75, 3.05) is 20.2 Å². The van der Waals surface area contributed by atoms with Crippen molar-refractivity contribution in [1.29, 1.82) is 0 Å². The number of ether oxygens (including phenoxy) is 1. The van der Waals surface area contributed by atoms with Gasteiger partial charge in [-0.1, -0.05) is 13.8 Å². The van der Waals surface area contributed by atoms with Gasteiger partial charge >= 0.3 is 5.97 Å². The Morgan fingerprint density at radius 3 is 2.92 bits per heavy atom. The van der Waals surface area contributed by atoms with E-state index in [9.17, 15) is 4.79 Å². The lowest BCUT2D eigenvalue weighted by atomic mass is 10.0. The van der Waals surface area contributed by atoms with Crippen LogP contribution in [0.2, 0.25) is 0 Å². The first-order valence-electron chi connectivity index (χ1n) is 4.51. The standard InChI is InChI=1S/C9H16N2O2/c1-6(2)7-4-10-5-8(11-7)9(12)13-3/h6-7,10H,4-5H2,1-3H3. The van der Waals surface area contributed by atoms with Crippen LogP contribution in [0.3, 0.4) is 0 Å². The highest BCUT2D eigenvalue weighted by Crippen LogP contribution is 2.08. The van der Waals surface area contributed by atoms with Crippen molar-refractivity contribution in [3.05, 3.63) is 0 Å². The number of rotatable bonds is 2. The van der Waals surface area contributed by atoms with E-state index in [4.69, 9.17) is 0 Å². The summed E-state index contributed by atoms with van der Waals surface area (Å²) in [5.41, 5.74) is 0.507. The van der Waals surface area contributed by atoms with Crippen LogP contribution >= 0.6 is 0 Å². The Labute approximate surface area is 78.4 Å². The first-order chi connectivity index (χ1) is 6.15. The maximum absolute atomic E-state index is 11.1. The lowest BCUT2D eigenvalue weighted by molar-refractivity contribution is -0.132. The van der Waals surface area contributed by atoms with Crippen LogP contribution in [0.5, 0.6) is 0 Å². The number of esters is 1. The molecule has 0 fully saturated rings. The van der Waals surface area contributed by atoms with E-state index in [-0.39, 0.29) is 12.0 Å². The first kappa shape index (κ1) is 10.2. The molecule has 0 saturated heterocycles. The Morgan fingerprint density at radius 1 is 1.69 bits per heavy atom. The third kappa shape index (κ3) is 2.52. The molecule has 0 aromatic heterocycles. The summed E-state index contributed by atoms with van der Waals surface area (Å²) in [5, 5.41) is 3.15. The molecule has 0 spiro atoms. The summed E-state index contributed by atoms with van der Waals surface area (Å²) in [6, 6.07) is 0.197. The third-order valence-corrected chi connectivity index (χ3v) is 2.16. The van der Waals surface area contributed by atoms with Gasteiger partial charge in [0, 0.05) is 13.1 Å². The molecule has 1 N–H and O–H groups in total. The molecular weight excluding hydrogens is 168 g/mol. The summed E-state index contributed by atoms with van der Waals surface area (Å²) in [4.78, 5) is 15.5. The number of nitrogens with one attached hydrogen (secondary N) is 1. The van der Waals surface area contributed by atoms with Crippen LogP contribution in [0.1, 0.15) is 13.8 Å². The molecule has 1 unspecified atom stereocenters. The van der Waals surface area contributed by atoms with Crippen molar-refractivity contribution in [1.82, 2.24) is 5.32 Å². The van der Waals surface area contributed by atoms with Gasteiger partial charge in [0.2, 0.25) is 0 Å². The molecule has 0 saturated carbocycles. The Kier molecular flexibility index (Phi) is 3.42. The lowest BCUT2D eigenvalue weighted by Crippen LogP contribution is -2.42. The molecule has 0 aromatic rings. The Balaban J connectivity index is 2.69. The molecule has 13 heavy (non-hydrogen) atoms. The molecule has 1 aliphatic heterocycles. The van der Waals surface area contributed by atoms with E-state index in [1.165, 1.54) is 7.11 Å². The molecule has 0 aromatic carbocycles. The average molecular weight is 184 g/mol. The molecule has 0 bridgehead atoms. The number of aliphatic imine (C=N–C) groups is 1. The van der Waals surface area contributed by atoms with Crippen LogP contribution in [0, 0.1) is 5.92 Å². The Morgan fingerprint density at radius 2 is 2.38 bits per heavy atom. The van der Waals surface area contributed by atoms with Crippen molar-refractivity contribution in [2.24, 2.45) is 10.9 Å². The molecule has 0 amide bonds. The molecule has 1 atom stereocenters. The average Bonchev–Trinajstić information content (AvgIpc) is 2.17. The van der Waals surface area contributed by atoms with E-state index < -0.39 is 0 Å². The quantitative estimate of drug-likeness (QED) is 0.625. The number of hydrogen-bond donors (Lipinski definition) is 1. The van der Waals surface area contributed by atoms with Gasteiger partial charge in [0.05, 0.1) is 13.2 Å². The van der Waals surface area contributed by atoms with E-state index in [0.29, 0.717) is 18.2 Å². The molecule has 4 nitrogen and oxygen atoms in total. The summed E-state index contributed by atoms with van der Waals surface area (Å²) in [6.45, 7) is 5.56. The second kappa shape index (κ2) is 4.37. The van der Waals surface area contributed by atoms with Gasteiger partial charge in [0.15, 0.2) is 0 Å². The van der Waals surface area contributed by atoms with Gasteiger partial charge in [-0.25, -0.2) is 4.79 Å². The Hall–Kier alpha value is -0.900. The zero-order chi connectivity index (χ0) is 9.84. The molecule has 1 aliphatic rings. The highest BCUT2D eigenvalue weighted by molar-refractivity contribution is 6.37. The van der Waals surface area contributed by atoms with E-state index in [2.05, 4.69) is 28.9 Å². The smallest absolute Gasteiger partial charge is 0.353 e. The summed E-state index contributed by atoms with van der Waals surface area (Å²) in [6.07, 6.45) is 0. The fraction of sp³-hybridized carbons (Fsp3) is 0.778. The molecule has 4 heteroatoms. The SMILES string of the molecule is COC(=O)C1=NC(C(C)C)CNC1. The predicted molar refractivity (Wildman–Crippen MR) is 50.9 cm³/mol. The molecule has 0 radical (unpaired) electrons. The second-order valence-electron chi connectivity index (χ2n) is 3.51. The van der Waals surface area contributed by atoms with Gasteiger partial charge in [-0.2, -0.15) is 0 Å². The Bertz CT molecular complexity index is 224. The zero-order valence-corrected chi connectivity index (χ0v) is 8.33. The minimum Gasteiger partial charge on any atom is -0.465 e. The lowest BCUT2D eigenvalue weighted by Gasteiger charge is -2.23. The summed E-state index contributed by atoms with van der Waals surface area (Å²) >= 11 is 0. The van der Waals surface area contributed by atoms with E-state index in [1.807, 2.05) is 0 Å². The minimum absolute atomic E-state index is 0.197. The van der Waals surface area contributed by atoms with Crippen LogP contribution in [-0.2, 0) is 9.53 Å². The van der Waals surface area contributed by atoms with Gasteiger partial charge in [0.25, 0.3) is 0 Å². The first-order valence-corrected chi connectivity index (χ1v) is 4.51. The normalized spacial score (nSPS) is 22.8. The topological polar surface area (TPSA) is 50.7 Å². The van der Waals surface area contributed by atoms with Crippen LogP contribution in [0.25, 0.3) is 0 Å². The maximum Gasteiger partial charge on any atom is 0.353 e. The number of carbonyl (C=O) groups excluding carboxylic acids is 1. The number of nitrogens with zero attached hydrogens (tertiary/aromatic N) is 1. The van der Waals surface area contributed by atoms with E-state index in [1.54, 1.807) is 0 Å². The predicted octanol–water partition coefficient (Wildman–Crippen LogP) is 0.228. The molecule has 74 valence electrons. The molecule has 1 rings (SSSR count). The van der Waals surface area contributed by atoms with Gasteiger partial charge in [0.1, 0.15) is 5.71 Å². The van der Waals surface area contributed by atoms with E-state index in [0.717, 1.165) is 6.54 Å². The second-order valence-corrected chi connectivity index (χ2v) is 3.51. The molecular formula is C9H16N2O2. The maximum atomic E-state index is 11.1. The van der Waals surface area contributed by atoms with Crippen molar-refractivity contribution in [3.63, 3.8) is 0 Å². The largest absolute Gasteiger partial charge is 0.465 e. The van der Waals surface area contributed by atoms with Crippen LogP contribution in [0.15, 0.2) is 4.99 Å². The van der Waals surface area contributed by atoms with Gasteiger partial charge in [-0.05, 0) is 5.92 Å². The fourth-order valence-electron chi connectivity index (χ4n) is 1.26.